The summed E-state index contributed by atoms with van der Waals surface area (Å²) in [5.74, 6) is -0.803. The minimum absolute atomic E-state index is 0.0324. The number of nitrogens with one attached hydrogen (secondary N) is 2. The van der Waals surface area contributed by atoms with E-state index < -0.39 is 11.7 Å². The summed E-state index contributed by atoms with van der Waals surface area (Å²) < 4.78 is 13.7. The number of rotatable bonds is 5. The molecule has 28 heavy (non-hydrogen) atoms. The van der Waals surface area contributed by atoms with Gasteiger partial charge in [-0.1, -0.05) is 30.4 Å². The van der Waals surface area contributed by atoms with Crippen LogP contribution in [0.4, 0.5) is 14.9 Å². The Morgan fingerprint density at radius 2 is 2.00 bits per heavy atom. The van der Waals surface area contributed by atoms with Gasteiger partial charge in [-0.25, -0.2) is 9.18 Å². The standard InChI is InChI=1S/C19H24FN5O2S/c1-3-12(2)21-19(27)25-10-8-13(9-11-25)17-23-24-18(28-17)16(26)22-15-7-5-4-6-14(15)20/h4-7,12-13H,3,8-11H2,1-2H3,(H,21,27)(H,22,26)/t12-/m0/s1. The molecule has 0 unspecified atom stereocenters. The molecule has 0 saturated carbocycles. The number of benzene rings is 1. The van der Waals surface area contributed by atoms with Crippen molar-refractivity contribution in [1.29, 1.82) is 0 Å². The molecule has 1 aromatic heterocycles. The summed E-state index contributed by atoms with van der Waals surface area (Å²) in [7, 11) is 0. The highest BCUT2D eigenvalue weighted by atomic mass is 32.1. The van der Waals surface area contributed by atoms with Crippen LogP contribution in [0.1, 0.15) is 53.8 Å². The molecule has 3 amide bonds. The molecule has 2 N–H and O–H groups in total. The summed E-state index contributed by atoms with van der Waals surface area (Å²) >= 11 is 1.22. The highest BCUT2D eigenvalue weighted by molar-refractivity contribution is 7.13. The van der Waals surface area contributed by atoms with Gasteiger partial charge >= 0.3 is 6.03 Å². The number of amides is 3. The molecule has 0 spiro atoms. The van der Waals surface area contributed by atoms with E-state index >= 15 is 0 Å². The van der Waals surface area contributed by atoms with Gasteiger partial charge in [0.1, 0.15) is 10.8 Å². The van der Waals surface area contributed by atoms with E-state index in [4.69, 9.17) is 0 Å². The Bertz CT molecular complexity index is 835. The number of halogens is 1. The first-order valence-corrected chi connectivity index (χ1v) is 10.2. The SMILES string of the molecule is CC[C@H](C)NC(=O)N1CCC(c2nnc(C(=O)Nc3ccccc3F)s2)CC1. The second-order valence-corrected chi connectivity index (χ2v) is 7.91. The van der Waals surface area contributed by atoms with E-state index in [0.717, 1.165) is 24.3 Å². The molecule has 0 radical (unpaired) electrons. The number of carbonyl (C=O) groups is 2. The number of para-hydroxylation sites is 1. The first kappa shape index (κ1) is 20.2. The van der Waals surface area contributed by atoms with Crippen molar-refractivity contribution >= 4 is 29.0 Å². The number of nitrogens with zero attached hydrogens (tertiary/aromatic N) is 3. The lowest BCUT2D eigenvalue weighted by atomic mass is 9.98. The van der Waals surface area contributed by atoms with Gasteiger partial charge in [-0.15, -0.1) is 10.2 Å². The van der Waals surface area contributed by atoms with Crippen molar-refractivity contribution in [2.45, 2.75) is 45.1 Å². The molecule has 2 heterocycles. The minimum atomic E-state index is -0.497. The van der Waals surface area contributed by atoms with E-state index in [2.05, 4.69) is 20.8 Å². The van der Waals surface area contributed by atoms with Gasteiger partial charge in [-0.2, -0.15) is 0 Å². The monoisotopic (exact) mass is 405 g/mol. The third-order valence-corrected chi connectivity index (χ3v) is 5.96. The quantitative estimate of drug-likeness (QED) is 0.795. The van der Waals surface area contributed by atoms with Crippen LogP contribution in [-0.2, 0) is 0 Å². The van der Waals surface area contributed by atoms with Crippen molar-refractivity contribution in [3.8, 4) is 0 Å². The van der Waals surface area contributed by atoms with Crippen LogP contribution in [-0.4, -0.2) is 46.2 Å². The van der Waals surface area contributed by atoms with Crippen molar-refractivity contribution in [2.75, 3.05) is 18.4 Å². The van der Waals surface area contributed by atoms with Crippen molar-refractivity contribution < 1.29 is 14.0 Å². The summed E-state index contributed by atoms with van der Waals surface area (Å²) in [6, 6.07) is 6.11. The number of hydrogen-bond donors (Lipinski definition) is 2. The normalized spacial score (nSPS) is 15.9. The topological polar surface area (TPSA) is 87.2 Å². The number of likely N-dealkylation sites (tertiary alicyclic amines) is 1. The summed E-state index contributed by atoms with van der Waals surface area (Å²) in [5.41, 5.74) is 0.116. The van der Waals surface area contributed by atoms with E-state index in [0.29, 0.717) is 13.1 Å². The van der Waals surface area contributed by atoms with Crippen LogP contribution in [0.5, 0.6) is 0 Å². The molecule has 1 atom stereocenters. The van der Waals surface area contributed by atoms with Crippen molar-refractivity contribution in [3.63, 3.8) is 0 Å². The van der Waals surface area contributed by atoms with Gasteiger partial charge in [0, 0.05) is 25.0 Å². The second-order valence-electron chi connectivity index (χ2n) is 6.90. The zero-order valence-corrected chi connectivity index (χ0v) is 16.8. The molecule has 7 nitrogen and oxygen atoms in total. The summed E-state index contributed by atoms with van der Waals surface area (Å²) in [6.45, 7) is 5.30. The van der Waals surface area contributed by atoms with Crippen molar-refractivity contribution in [2.24, 2.45) is 0 Å². The number of piperidine rings is 1. The average Bonchev–Trinajstić information content (AvgIpc) is 3.20. The molecule has 2 aromatic rings. The lowest BCUT2D eigenvalue weighted by Crippen LogP contribution is -2.46. The van der Waals surface area contributed by atoms with E-state index in [1.54, 1.807) is 12.1 Å². The van der Waals surface area contributed by atoms with E-state index in [-0.39, 0.29) is 28.7 Å². The van der Waals surface area contributed by atoms with Crippen molar-refractivity contribution in [3.05, 3.63) is 40.1 Å². The van der Waals surface area contributed by atoms with Gasteiger partial charge in [0.05, 0.1) is 5.69 Å². The van der Waals surface area contributed by atoms with E-state index in [9.17, 15) is 14.0 Å². The summed E-state index contributed by atoms with van der Waals surface area (Å²) in [5, 5.41) is 14.6. The third-order valence-electron chi connectivity index (χ3n) is 4.87. The van der Waals surface area contributed by atoms with Crippen LogP contribution in [0.2, 0.25) is 0 Å². The fourth-order valence-electron chi connectivity index (χ4n) is 2.96. The highest BCUT2D eigenvalue weighted by Crippen LogP contribution is 2.30. The van der Waals surface area contributed by atoms with Gasteiger partial charge < -0.3 is 15.5 Å². The minimum Gasteiger partial charge on any atom is -0.336 e. The van der Waals surface area contributed by atoms with Gasteiger partial charge in [0.15, 0.2) is 0 Å². The fourth-order valence-corrected chi connectivity index (χ4v) is 3.87. The Morgan fingerprint density at radius 1 is 1.29 bits per heavy atom. The maximum absolute atomic E-state index is 13.7. The second kappa shape index (κ2) is 9.09. The molecule has 9 heteroatoms. The maximum atomic E-state index is 13.7. The van der Waals surface area contributed by atoms with Crippen LogP contribution in [0.15, 0.2) is 24.3 Å². The van der Waals surface area contributed by atoms with Crippen LogP contribution < -0.4 is 10.6 Å². The maximum Gasteiger partial charge on any atom is 0.317 e. The molecule has 0 bridgehead atoms. The Hall–Kier alpha value is -2.55. The molecular formula is C19H24FN5O2S. The summed E-state index contributed by atoms with van der Waals surface area (Å²) in [4.78, 5) is 26.3. The smallest absolute Gasteiger partial charge is 0.317 e. The van der Waals surface area contributed by atoms with Crippen LogP contribution >= 0.6 is 11.3 Å². The first-order valence-electron chi connectivity index (χ1n) is 9.42. The van der Waals surface area contributed by atoms with E-state index in [1.807, 2.05) is 18.7 Å². The lowest BCUT2D eigenvalue weighted by Gasteiger charge is -2.31. The Kier molecular flexibility index (Phi) is 6.56. The molecule has 1 aliphatic heterocycles. The number of carbonyl (C=O) groups excluding carboxylic acids is 2. The predicted octanol–water partition coefficient (Wildman–Crippen LogP) is 3.62. The fraction of sp³-hybridized carbons (Fsp3) is 0.474. The highest BCUT2D eigenvalue weighted by Gasteiger charge is 2.27. The first-order chi connectivity index (χ1) is 13.5. The number of urea groups is 1. The average molecular weight is 405 g/mol. The molecule has 1 aliphatic rings. The molecular weight excluding hydrogens is 381 g/mol. The zero-order chi connectivity index (χ0) is 20.1. The molecule has 1 fully saturated rings. The van der Waals surface area contributed by atoms with Crippen molar-refractivity contribution in [1.82, 2.24) is 20.4 Å². The zero-order valence-electron chi connectivity index (χ0n) is 15.9. The third kappa shape index (κ3) is 4.83. The molecule has 150 valence electrons. The van der Waals surface area contributed by atoms with Gasteiger partial charge in [0.2, 0.25) is 5.01 Å². The van der Waals surface area contributed by atoms with Gasteiger partial charge in [-0.05, 0) is 38.3 Å². The number of aromatic nitrogens is 2. The lowest BCUT2D eigenvalue weighted by molar-refractivity contribution is 0.102. The number of anilines is 1. The Balaban J connectivity index is 1.55. The van der Waals surface area contributed by atoms with Gasteiger partial charge in [0.25, 0.3) is 5.91 Å². The number of hydrogen-bond acceptors (Lipinski definition) is 5. The van der Waals surface area contributed by atoms with Crippen LogP contribution in [0.25, 0.3) is 0 Å². The molecule has 0 aliphatic carbocycles. The van der Waals surface area contributed by atoms with Gasteiger partial charge in [-0.3, -0.25) is 4.79 Å². The predicted molar refractivity (Wildman–Crippen MR) is 106 cm³/mol. The summed E-state index contributed by atoms with van der Waals surface area (Å²) in [6.07, 6.45) is 2.44. The van der Waals surface area contributed by atoms with Crippen LogP contribution in [0.3, 0.4) is 0 Å². The molecule has 1 aromatic carbocycles. The van der Waals surface area contributed by atoms with Crippen LogP contribution in [0, 0.1) is 5.82 Å². The Morgan fingerprint density at radius 3 is 2.68 bits per heavy atom. The largest absolute Gasteiger partial charge is 0.336 e. The van der Waals surface area contributed by atoms with E-state index in [1.165, 1.54) is 23.5 Å². The molecule has 3 rings (SSSR count). The molecule has 1 saturated heterocycles. The Labute approximate surface area is 167 Å².